The van der Waals surface area contributed by atoms with Crippen LogP contribution in [0.4, 0.5) is 0 Å². The van der Waals surface area contributed by atoms with E-state index < -0.39 is 0 Å². The van der Waals surface area contributed by atoms with Crippen molar-refractivity contribution in [3.8, 4) is 0 Å². The van der Waals surface area contributed by atoms with Crippen LogP contribution in [0.1, 0.15) is 31.9 Å². The second-order valence-electron chi connectivity index (χ2n) is 7.37. The molecule has 0 spiro atoms. The molecule has 2 fully saturated rings. The van der Waals surface area contributed by atoms with E-state index in [1.165, 1.54) is 37.7 Å². The van der Waals surface area contributed by atoms with E-state index in [1.807, 2.05) is 18.2 Å². The first-order valence-corrected chi connectivity index (χ1v) is 10.1. The monoisotopic (exact) mass is 354 g/mol. The molecule has 0 amide bonds. The zero-order valence-corrected chi connectivity index (χ0v) is 15.8. The molecule has 0 radical (unpaired) electrons. The summed E-state index contributed by atoms with van der Waals surface area (Å²) in [6, 6.07) is 11.0. The van der Waals surface area contributed by atoms with Gasteiger partial charge in [-0.1, -0.05) is 18.2 Å². The van der Waals surface area contributed by atoms with E-state index in [4.69, 9.17) is 9.41 Å². The van der Waals surface area contributed by atoms with Crippen molar-refractivity contribution in [3.05, 3.63) is 36.1 Å². The summed E-state index contributed by atoms with van der Waals surface area (Å²) in [5, 5.41) is 4.65. The highest BCUT2D eigenvalue weighted by atomic mass is 16.3. The summed E-state index contributed by atoms with van der Waals surface area (Å²) < 4.78 is 5.91. The van der Waals surface area contributed by atoms with Crippen molar-refractivity contribution in [2.24, 2.45) is 4.99 Å². The smallest absolute Gasteiger partial charge is 0.193 e. The summed E-state index contributed by atoms with van der Waals surface area (Å²) in [6.07, 6.45) is 4.82. The Morgan fingerprint density at radius 1 is 1.23 bits per heavy atom. The lowest BCUT2D eigenvalue weighted by Crippen LogP contribution is -2.42. The Balaban J connectivity index is 1.36. The Bertz CT molecular complexity index is 714. The number of guanidine groups is 1. The molecule has 2 aliphatic heterocycles. The van der Waals surface area contributed by atoms with Crippen LogP contribution in [0.25, 0.3) is 11.0 Å². The van der Waals surface area contributed by atoms with Gasteiger partial charge in [0.1, 0.15) is 11.3 Å². The molecule has 2 aliphatic rings. The SMILES string of the molecule is CCNC(=NCCc1cc2ccccc2o1)N1CCC(N2CCCC2)C1. The third-order valence-electron chi connectivity index (χ3n) is 5.55. The number of nitrogens with one attached hydrogen (secondary N) is 1. The van der Waals surface area contributed by atoms with Crippen molar-refractivity contribution < 1.29 is 4.42 Å². The lowest BCUT2D eigenvalue weighted by molar-refractivity contribution is 0.249. The van der Waals surface area contributed by atoms with Crippen LogP contribution in [0.5, 0.6) is 0 Å². The number of fused-ring (bicyclic) bond motifs is 1. The second kappa shape index (κ2) is 8.12. The average Bonchev–Trinajstić information content (AvgIpc) is 3.39. The number of para-hydroxylation sites is 1. The molecule has 5 heteroatoms. The lowest BCUT2D eigenvalue weighted by Gasteiger charge is -2.25. The zero-order valence-electron chi connectivity index (χ0n) is 15.8. The van der Waals surface area contributed by atoms with Crippen LogP contribution in [0.15, 0.2) is 39.7 Å². The summed E-state index contributed by atoms with van der Waals surface area (Å²) in [4.78, 5) is 9.98. The topological polar surface area (TPSA) is 44.0 Å². The van der Waals surface area contributed by atoms with E-state index in [9.17, 15) is 0 Å². The van der Waals surface area contributed by atoms with Gasteiger partial charge >= 0.3 is 0 Å². The third kappa shape index (κ3) is 3.88. The van der Waals surface area contributed by atoms with Crippen molar-refractivity contribution in [3.63, 3.8) is 0 Å². The molecule has 1 aromatic carbocycles. The highest BCUT2D eigenvalue weighted by Gasteiger charge is 2.30. The maximum absolute atomic E-state index is 5.91. The van der Waals surface area contributed by atoms with E-state index in [1.54, 1.807) is 0 Å². The van der Waals surface area contributed by atoms with Gasteiger partial charge in [0.05, 0.1) is 0 Å². The first kappa shape index (κ1) is 17.4. The minimum absolute atomic E-state index is 0.705. The Morgan fingerprint density at radius 2 is 2.08 bits per heavy atom. The number of likely N-dealkylation sites (tertiary alicyclic amines) is 2. The number of aliphatic imine (C=N–C) groups is 1. The van der Waals surface area contributed by atoms with Crippen molar-refractivity contribution in [2.75, 3.05) is 39.3 Å². The van der Waals surface area contributed by atoms with Crippen LogP contribution in [0.3, 0.4) is 0 Å². The van der Waals surface area contributed by atoms with Crippen molar-refractivity contribution in [1.29, 1.82) is 0 Å². The van der Waals surface area contributed by atoms with Gasteiger partial charge in [0.25, 0.3) is 0 Å². The summed E-state index contributed by atoms with van der Waals surface area (Å²) in [5.41, 5.74) is 0.964. The van der Waals surface area contributed by atoms with Gasteiger partial charge in [0, 0.05) is 44.0 Å². The van der Waals surface area contributed by atoms with Crippen LogP contribution in [-0.2, 0) is 6.42 Å². The molecule has 1 N–H and O–H groups in total. The minimum Gasteiger partial charge on any atom is -0.461 e. The fraction of sp³-hybridized carbons (Fsp3) is 0.571. The molecular weight excluding hydrogens is 324 g/mol. The second-order valence-corrected chi connectivity index (χ2v) is 7.37. The Kier molecular flexibility index (Phi) is 5.44. The van der Waals surface area contributed by atoms with Crippen LogP contribution in [-0.4, -0.2) is 61.1 Å². The maximum Gasteiger partial charge on any atom is 0.193 e. The number of nitrogens with zero attached hydrogens (tertiary/aromatic N) is 3. The molecule has 4 rings (SSSR count). The maximum atomic E-state index is 5.91. The summed E-state index contributed by atoms with van der Waals surface area (Å²) >= 11 is 0. The summed E-state index contributed by atoms with van der Waals surface area (Å²) in [7, 11) is 0. The van der Waals surface area contributed by atoms with Crippen molar-refractivity contribution in [1.82, 2.24) is 15.1 Å². The van der Waals surface area contributed by atoms with Gasteiger partial charge in [-0.2, -0.15) is 0 Å². The van der Waals surface area contributed by atoms with E-state index in [-0.39, 0.29) is 0 Å². The van der Waals surface area contributed by atoms with Gasteiger partial charge < -0.3 is 14.6 Å². The van der Waals surface area contributed by atoms with Gasteiger partial charge in [-0.15, -0.1) is 0 Å². The van der Waals surface area contributed by atoms with E-state index in [2.05, 4.69) is 34.2 Å². The van der Waals surface area contributed by atoms with Crippen LogP contribution in [0, 0.1) is 0 Å². The molecule has 3 heterocycles. The molecule has 140 valence electrons. The lowest BCUT2D eigenvalue weighted by atomic mass is 10.2. The Morgan fingerprint density at radius 3 is 2.88 bits per heavy atom. The highest BCUT2D eigenvalue weighted by molar-refractivity contribution is 5.80. The van der Waals surface area contributed by atoms with Gasteiger partial charge in [0.15, 0.2) is 5.96 Å². The van der Waals surface area contributed by atoms with E-state index >= 15 is 0 Å². The zero-order chi connectivity index (χ0) is 17.8. The highest BCUT2D eigenvalue weighted by Crippen LogP contribution is 2.21. The summed E-state index contributed by atoms with van der Waals surface area (Å²) in [5.74, 6) is 2.08. The molecule has 0 saturated carbocycles. The molecule has 1 unspecified atom stereocenters. The third-order valence-corrected chi connectivity index (χ3v) is 5.55. The molecular formula is C21H30N4O. The van der Waals surface area contributed by atoms with Crippen molar-refractivity contribution >= 4 is 16.9 Å². The van der Waals surface area contributed by atoms with Crippen molar-refractivity contribution in [2.45, 2.75) is 38.6 Å². The van der Waals surface area contributed by atoms with E-state index in [0.717, 1.165) is 49.9 Å². The van der Waals surface area contributed by atoms with E-state index in [0.29, 0.717) is 6.04 Å². The number of hydrogen-bond donors (Lipinski definition) is 1. The molecule has 2 saturated heterocycles. The van der Waals surface area contributed by atoms with Crippen LogP contribution in [0.2, 0.25) is 0 Å². The fourth-order valence-electron chi connectivity index (χ4n) is 4.20. The van der Waals surface area contributed by atoms with Crippen LogP contribution >= 0.6 is 0 Å². The first-order chi connectivity index (χ1) is 12.8. The average molecular weight is 354 g/mol. The number of rotatable bonds is 5. The van der Waals surface area contributed by atoms with Gasteiger partial charge in [0.2, 0.25) is 0 Å². The Labute approximate surface area is 156 Å². The first-order valence-electron chi connectivity index (χ1n) is 10.1. The molecule has 5 nitrogen and oxygen atoms in total. The number of hydrogen-bond acceptors (Lipinski definition) is 3. The normalized spacial score (nSPS) is 21.8. The molecule has 2 aromatic rings. The fourth-order valence-corrected chi connectivity index (χ4v) is 4.20. The molecule has 1 atom stereocenters. The largest absolute Gasteiger partial charge is 0.461 e. The van der Waals surface area contributed by atoms with Gasteiger partial charge in [-0.3, -0.25) is 9.89 Å². The quantitative estimate of drug-likeness (QED) is 0.662. The minimum atomic E-state index is 0.705. The molecule has 26 heavy (non-hydrogen) atoms. The van der Waals surface area contributed by atoms with Gasteiger partial charge in [-0.25, -0.2) is 0 Å². The van der Waals surface area contributed by atoms with Crippen LogP contribution < -0.4 is 5.32 Å². The predicted octanol–water partition coefficient (Wildman–Crippen LogP) is 3.11. The van der Waals surface area contributed by atoms with Gasteiger partial charge in [-0.05, 0) is 51.4 Å². The summed E-state index contributed by atoms with van der Waals surface area (Å²) in [6.45, 7) is 8.58. The molecule has 0 aliphatic carbocycles. The predicted molar refractivity (Wildman–Crippen MR) is 107 cm³/mol. The molecule has 1 aromatic heterocycles. The Hall–Kier alpha value is -2.01. The molecule has 0 bridgehead atoms. The standard InChI is InChI=1S/C21H30N4O/c1-2-22-21(25-14-10-18(16-25)24-12-5-6-13-24)23-11-9-19-15-17-7-3-4-8-20(17)26-19/h3-4,7-8,15,18H,2,5-6,9-14,16H2,1H3,(H,22,23). The number of furan rings is 1. The number of benzene rings is 1.